The highest BCUT2D eigenvalue weighted by molar-refractivity contribution is 5.82. The summed E-state index contributed by atoms with van der Waals surface area (Å²) in [4.78, 5) is 38.5. The van der Waals surface area contributed by atoms with Crippen molar-refractivity contribution in [2.75, 3.05) is 13.1 Å². The van der Waals surface area contributed by atoms with Crippen molar-refractivity contribution in [1.29, 1.82) is 0 Å². The molecule has 0 aliphatic carbocycles. The van der Waals surface area contributed by atoms with E-state index in [4.69, 9.17) is 4.74 Å². The van der Waals surface area contributed by atoms with E-state index in [0.717, 1.165) is 25.9 Å². The fraction of sp³-hybridized carbons (Fsp3) is 0.842. The third-order valence-corrected chi connectivity index (χ3v) is 3.97. The van der Waals surface area contributed by atoms with Crippen LogP contribution in [0.3, 0.4) is 0 Å². The van der Waals surface area contributed by atoms with Gasteiger partial charge in [-0.05, 0) is 61.3 Å². The minimum atomic E-state index is -0.762. The van der Waals surface area contributed by atoms with Gasteiger partial charge >= 0.3 is 6.09 Å². The molecule has 0 aromatic rings. The van der Waals surface area contributed by atoms with Crippen LogP contribution in [0, 0.1) is 0 Å². The van der Waals surface area contributed by atoms with E-state index in [-0.39, 0.29) is 24.7 Å². The van der Waals surface area contributed by atoms with Crippen molar-refractivity contribution in [2.24, 2.45) is 0 Å². The molecule has 7 nitrogen and oxygen atoms in total. The quantitative estimate of drug-likeness (QED) is 0.753. The zero-order valence-electron chi connectivity index (χ0n) is 17.3. The van der Waals surface area contributed by atoms with Gasteiger partial charge in [0.05, 0.1) is 0 Å². The van der Waals surface area contributed by atoms with Crippen LogP contribution in [0.2, 0.25) is 0 Å². The van der Waals surface area contributed by atoms with Gasteiger partial charge in [0.25, 0.3) is 0 Å². The molecule has 1 rings (SSSR count). The zero-order valence-corrected chi connectivity index (χ0v) is 17.3. The van der Waals surface area contributed by atoms with Crippen LogP contribution in [0.25, 0.3) is 0 Å². The monoisotopic (exact) mass is 369 g/mol. The van der Waals surface area contributed by atoms with E-state index in [1.54, 1.807) is 34.6 Å². The van der Waals surface area contributed by atoms with E-state index in [2.05, 4.69) is 10.6 Å². The van der Waals surface area contributed by atoms with Crippen molar-refractivity contribution in [1.82, 2.24) is 15.5 Å². The lowest BCUT2D eigenvalue weighted by Gasteiger charge is -2.31. The molecule has 2 N–H and O–H groups in total. The highest BCUT2D eigenvalue weighted by Gasteiger charge is 2.31. The van der Waals surface area contributed by atoms with Crippen LogP contribution in [0.15, 0.2) is 0 Å². The molecule has 1 aliphatic heterocycles. The van der Waals surface area contributed by atoms with Gasteiger partial charge in [0.2, 0.25) is 11.8 Å². The molecule has 0 atom stereocenters. The Morgan fingerprint density at radius 3 is 1.85 bits per heavy atom. The lowest BCUT2D eigenvalue weighted by molar-refractivity contribution is -0.132. The van der Waals surface area contributed by atoms with Gasteiger partial charge in [-0.2, -0.15) is 0 Å². The maximum atomic E-state index is 12.4. The van der Waals surface area contributed by atoms with E-state index in [1.165, 1.54) is 0 Å². The van der Waals surface area contributed by atoms with Crippen molar-refractivity contribution in [3.63, 3.8) is 0 Å². The van der Waals surface area contributed by atoms with Crippen molar-refractivity contribution >= 4 is 17.9 Å². The fourth-order valence-electron chi connectivity index (χ4n) is 2.95. The first-order valence-corrected chi connectivity index (χ1v) is 9.29. The van der Waals surface area contributed by atoms with Gasteiger partial charge in [-0.1, -0.05) is 0 Å². The molecule has 3 amide bonds. The smallest absolute Gasteiger partial charge is 0.408 e. The van der Waals surface area contributed by atoms with E-state index < -0.39 is 22.8 Å². The Morgan fingerprint density at radius 2 is 1.35 bits per heavy atom. The SMILES string of the molecule is CC(C)(CC(=O)N1CCCC1)NC(=O)CC(C)(C)NC(=O)OC(C)(C)C. The van der Waals surface area contributed by atoms with E-state index in [1.807, 2.05) is 18.7 Å². The Bertz CT molecular complexity index is 529. The maximum absolute atomic E-state index is 12.4. The molecule has 0 spiro atoms. The fourth-order valence-corrected chi connectivity index (χ4v) is 2.95. The molecular weight excluding hydrogens is 334 g/mol. The summed E-state index contributed by atoms with van der Waals surface area (Å²) in [6.45, 7) is 14.2. The molecule has 0 aromatic carbocycles. The number of carbonyl (C=O) groups is 3. The number of alkyl carbamates (subject to hydrolysis) is 1. The molecule has 1 saturated heterocycles. The van der Waals surface area contributed by atoms with Crippen LogP contribution in [-0.4, -0.2) is 52.6 Å². The number of nitrogens with zero attached hydrogens (tertiary/aromatic N) is 1. The summed E-state index contributed by atoms with van der Waals surface area (Å²) in [7, 11) is 0. The first-order valence-electron chi connectivity index (χ1n) is 9.29. The molecule has 0 aromatic heterocycles. The Kier molecular flexibility index (Phi) is 7.08. The Balaban J connectivity index is 2.51. The van der Waals surface area contributed by atoms with Crippen LogP contribution in [0.1, 0.15) is 74.1 Å². The largest absolute Gasteiger partial charge is 0.444 e. The Hall–Kier alpha value is -1.79. The molecule has 1 aliphatic rings. The molecule has 26 heavy (non-hydrogen) atoms. The topological polar surface area (TPSA) is 87.7 Å². The lowest BCUT2D eigenvalue weighted by atomic mass is 9.96. The van der Waals surface area contributed by atoms with Crippen molar-refractivity contribution < 1.29 is 19.1 Å². The van der Waals surface area contributed by atoms with Gasteiger partial charge in [0.15, 0.2) is 0 Å². The minimum absolute atomic E-state index is 0.0685. The number of nitrogens with one attached hydrogen (secondary N) is 2. The standard InChI is InChI=1S/C19H35N3O4/c1-17(2,3)26-16(25)21-18(4,5)12-14(23)20-19(6,7)13-15(24)22-10-8-9-11-22/h8-13H2,1-7H3,(H,20,23)(H,21,25). The predicted molar refractivity (Wildman–Crippen MR) is 101 cm³/mol. The second kappa shape index (κ2) is 8.27. The van der Waals surface area contributed by atoms with Gasteiger partial charge in [-0.3, -0.25) is 9.59 Å². The molecule has 0 bridgehead atoms. The van der Waals surface area contributed by atoms with Crippen molar-refractivity contribution in [2.45, 2.75) is 90.8 Å². The second-order valence-corrected chi connectivity index (χ2v) is 9.38. The van der Waals surface area contributed by atoms with Gasteiger partial charge in [-0.25, -0.2) is 4.79 Å². The lowest BCUT2D eigenvalue weighted by Crippen LogP contribution is -2.52. The first kappa shape index (κ1) is 22.3. The average Bonchev–Trinajstić information content (AvgIpc) is 2.85. The summed E-state index contributed by atoms with van der Waals surface area (Å²) in [6.07, 6.45) is 1.89. The van der Waals surface area contributed by atoms with E-state index in [0.29, 0.717) is 0 Å². The van der Waals surface area contributed by atoms with Crippen LogP contribution in [0.5, 0.6) is 0 Å². The number of rotatable bonds is 6. The Labute approximate surface area is 157 Å². The number of hydrogen-bond acceptors (Lipinski definition) is 4. The number of carbonyl (C=O) groups excluding carboxylic acids is 3. The van der Waals surface area contributed by atoms with E-state index in [9.17, 15) is 14.4 Å². The van der Waals surface area contributed by atoms with Crippen LogP contribution in [-0.2, 0) is 14.3 Å². The molecule has 7 heteroatoms. The second-order valence-electron chi connectivity index (χ2n) is 9.38. The number of amides is 3. The van der Waals surface area contributed by atoms with Crippen LogP contribution < -0.4 is 10.6 Å². The molecule has 0 radical (unpaired) electrons. The zero-order chi connectivity index (χ0) is 20.2. The van der Waals surface area contributed by atoms with E-state index >= 15 is 0 Å². The summed E-state index contributed by atoms with van der Waals surface area (Å²) in [5, 5.41) is 5.63. The molecule has 150 valence electrons. The summed E-state index contributed by atoms with van der Waals surface area (Å²) in [5.41, 5.74) is -2.00. The van der Waals surface area contributed by atoms with Crippen molar-refractivity contribution in [3.8, 4) is 0 Å². The average molecular weight is 370 g/mol. The normalized spacial score (nSPS) is 15.6. The molecule has 0 saturated carbocycles. The molecule has 1 fully saturated rings. The van der Waals surface area contributed by atoms with Gasteiger partial charge in [0, 0.05) is 37.0 Å². The third-order valence-electron chi connectivity index (χ3n) is 3.97. The number of likely N-dealkylation sites (tertiary alicyclic amines) is 1. The predicted octanol–water partition coefficient (Wildman–Crippen LogP) is 2.59. The van der Waals surface area contributed by atoms with Crippen LogP contribution in [0.4, 0.5) is 4.79 Å². The van der Waals surface area contributed by atoms with Gasteiger partial charge in [-0.15, -0.1) is 0 Å². The molecule has 1 heterocycles. The van der Waals surface area contributed by atoms with Gasteiger partial charge < -0.3 is 20.3 Å². The van der Waals surface area contributed by atoms with Crippen molar-refractivity contribution in [3.05, 3.63) is 0 Å². The molecule has 0 unspecified atom stereocenters. The summed E-state index contributed by atoms with van der Waals surface area (Å²) in [6, 6.07) is 0. The summed E-state index contributed by atoms with van der Waals surface area (Å²) >= 11 is 0. The highest BCUT2D eigenvalue weighted by Crippen LogP contribution is 2.17. The number of ether oxygens (including phenoxy) is 1. The number of hydrogen-bond donors (Lipinski definition) is 2. The third kappa shape index (κ3) is 8.54. The maximum Gasteiger partial charge on any atom is 0.408 e. The highest BCUT2D eigenvalue weighted by atomic mass is 16.6. The Morgan fingerprint density at radius 1 is 0.846 bits per heavy atom. The van der Waals surface area contributed by atoms with Crippen LogP contribution >= 0.6 is 0 Å². The molecular formula is C19H35N3O4. The minimum Gasteiger partial charge on any atom is -0.444 e. The first-order chi connectivity index (χ1) is 11.7. The summed E-state index contributed by atoms with van der Waals surface area (Å²) < 4.78 is 5.23. The summed E-state index contributed by atoms with van der Waals surface area (Å²) in [5.74, 6) is -0.149. The van der Waals surface area contributed by atoms with Gasteiger partial charge in [0.1, 0.15) is 5.60 Å².